The number of hydrogen-bond acceptors (Lipinski definition) is 3. The van der Waals surface area contributed by atoms with Crippen LogP contribution in [0, 0.1) is 0 Å². The molecule has 0 aliphatic carbocycles. The summed E-state index contributed by atoms with van der Waals surface area (Å²) < 4.78 is 7.27. The number of aromatic nitrogens is 2. The van der Waals surface area contributed by atoms with E-state index < -0.39 is 5.97 Å². The van der Waals surface area contributed by atoms with Crippen molar-refractivity contribution in [2.45, 2.75) is 20.1 Å². The average Bonchev–Trinajstić information content (AvgIpc) is 2.85. The number of hydrogen-bond donors (Lipinski definition) is 1. The molecule has 0 aliphatic heterocycles. The lowest BCUT2D eigenvalue weighted by Crippen LogP contribution is -2.03. The van der Waals surface area contributed by atoms with E-state index >= 15 is 0 Å². The molecular formula is C13H13ClN2O3. The van der Waals surface area contributed by atoms with Crippen LogP contribution in [0.25, 0.3) is 0 Å². The van der Waals surface area contributed by atoms with E-state index in [-0.39, 0.29) is 22.9 Å². The molecular weight excluding hydrogens is 268 g/mol. The van der Waals surface area contributed by atoms with Gasteiger partial charge in [-0.3, -0.25) is 4.68 Å². The number of ether oxygens (including phenoxy) is 1. The highest BCUT2D eigenvalue weighted by molar-refractivity contribution is 6.32. The summed E-state index contributed by atoms with van der Waals surface area (Å²) in [5.41, 5.74) is 0.911. The number of benzene rings is 1. The zero-order chi connectivity index (χ0) is 13.8. The Balaban J connectivity index is 2.17. The lowest BCUT2D eigenvalue weighted by molar-refractivity contribution is 0.0692. The molecule has 19 heavy (non-hydrogen) atoms. The second kappa shape index (κ2) is 5.75. The second-order valence-electron chi connectivity index (χ2n) is 3.91. The predicted molar refractivity (Wildman–Crippen MR) is 70.6 cm³/mol. The fourth-order valence-electron chi connectivity index (χ4n) is 1.63. The normalized spacial score (nSPS) is 10.4. The van der Waals surface area contributed by atoms with Crippen molar-refractivity contribution in [2.24, 2.45) is 0 Å². The minimum atomic E-state index is -1.07. The van der Waals surface area contributed by atoms with Crippen LogP contribution in [-0.4, -0.2) is 20.9 Å². The lowest BCUT2D eigenvalue weighted by atomic mass is 10.2. The summed E-state index contributed by atoms with van der Waals surface area (Å²) in [6.45, 7) is 2.98. The zero-order valence-electron chi connectivity index (χ0n) is 10.3. The Labute approximate surface area is 115 Å². The van der Waals surface area contributed by atoms with Crippen LogP contribution in [0.15, 0.2) is 30.6 Å². The van der Waals surface area contributed by atoms with Crippen molar-refractivity contribution in [2.75, 3.05) is 0 Å². The summed E-state index contributed by atoms with van der Waals surface area (Å²) in [4.78, 5) is 11.1. The number of rotatable bonds is 5. The van der Waals surface area contributed by atoms with Gasteiger partial charge in [-0.25, -0.2) is 4.79 Å². The van der Waals surface area contributed by atoms with Crippen LogP contribution in [0.5, 0.6) is 5.75 Å². The number of aryl methyl sites for hydroxylation is 1. The molecule has 1 heterocycles. The largest absolute Gasteiger partial charge is 0.486 e. The molecule has 0 atom stereocenters. The first kappa shape index (κ1) is 13.4. The molecule has 100 valence electrons. The summed E-state index contributed by atoms with van der Waals surface area (Å²) in [7, 11) is 0. The van der Waals surface area contributed by atoms with E-state index in [4.69, 9.17) is 21.4 Å². The molecule has 5 nitrogen and oxygen atoms in total. The Hall–Kier alpha value is -2.01. The third kappa shape index (κ3) is 3.06. The van der Waals surface area contributed by atoms with Crippen molar-refractivity contribution in [1.82, 2.24) is 9.78 Å². The van der Waals surface area contributed by atoms with Crippen LogP contribution in [0.1, 0.15) is 22.8 Å². The number of carboxylic acids is 1. The molecule has 1 aromatic heterocycles. The van der Waals surface area contributed by atoms with Gasteiger partial charge in [0, 0.05) is 18.3 Å². The summed E-state index contributed by atoms with van der Waals surface area (Å²) in [6.07, 6.45) is 3.53. The van der Waals surface area contributed by atoms with Crippen LogP contribution in [0.3, 0.4) is 0 Å². The molecule has 1 aromatic carbocycles. The smallest absolute Gasteiger partial charge is 0.339 e. The molecule has 0 fully saturated rings. The molecule has 1 N–H and O–H groups in total. The van der Waals surface area contributed by atoms with Crippen LogP contribution in [0.4, 0.5) is 0 Å². The minimum Gasteiger partial charge on any atom is -0.486 e. The van der Waals surface area contributed by atoms with E-state index in [2.05, 4.69) is 5.10 Å². The van der Waals surface area contributed by atoms with Gasteiger partial charge in [0.1, 0.15) is 12.2 Å². The first-order valence-corrected chi connectivity index (χ1v) is 6.15. The molecule has 0 amide bonds. The fraction of sp³-hybridized carbons (Fsp3) is 0.231. The number of para-hydroxylation sites is 1. The quantitative estimate of drug-likeness (QED) is 0.915. The summed E-state index contributed by atoms with van der Waals surface area (Å²) in [5, 5.41) is 13.5. The maximum atomic E-state index is 11.1. The molecule has 0 saturated heterocycles. The summed E-state index contributed by atoms with van der Waals surface area (Å²) >= 11 is 5.96. The molecule has 0 saturated carbocycles. The van der Waals surface area contributed by atoms with Crippen molar-refractivity contribution >= 4 is 17.6 Å². The summed E-state index contributed by atoms with van der Waals surface area (Å²) in [6, 6.07) is 4.63. The highest BCUT2D eigenvalue weighted by atomic mass is 35.5. The maximum absolute atomic E-state index is 11.1. The van der Waals surface area contributed by atoms with E-state index in [1.54, 1.807) is 23.0 Å². The van der Waals surface area contributed by atoms with E-state index in [9.17, 15) is 4.79 Å². The van der Waals surface area contributed by atoms with Gasteiger partial charge in [0.15, 0.2) is 5.75 Å². The Morgan fingerprint density at radius 2 is 2.32 bits per heavy atom. The van der Waals surface area contributed by atoms with Gasteiger partial charge in [0.2, 0.25) is 0 Å². The number of carboxylic acid groups (broad SMARTS) is 1. The molecule has 0 unspecified atom stereocenters. The molecule has 2 aromatic rings. The molecule has 0 radical (unpaired) electrons. The van der Waals surface area contributed by atoms with E-state index in [0.717, 1.165) is 12.1 Å². The Kier molecular flexibility index (Phi) is 4.06. The average molecular weight is 281 g/mol. The third-order valence-corrected chi connectivity index (χ3v) is 2.89. The monoisotopic (exact) mass is 280 g/mol. The predicted octanol–water partition coefficient (Wildman–Crippen LogP) is 2.83. The zero-order valence-corrected chi connectivity index (χ0v) is 11.1. The Bertz CT molecular complexity index is 595. The van der Waals surface area contributed by atoms with Crippen LogP contribution in [-0.2, 0) is 13.2 Å². The highest BCUT2D eigenvalue weighted by Crippen LogP contribution is 2.29. The van der Waals surface area contributed by atoms with E-state index in [1.165, 1.54) is 6.07 Å². The Morgan fingerprint density at radius 3 is 2.95 bits per heavy atom. The van der Waals surface area contributed by atoms with Crippen molar-refractivity contribution in [1.29, 1.82) is 0 Å². The molecule has 0 bridgehead atoms. The molecule has 6 heteroatoms. The minimum absolute atomic E-state index is 0.0513. The SMILES string of the molecule is CCn1cc(COc2c(Cl)cccc2C(=O)O)cn1. The van der Waals surface area contributed by atoms with Crippen molar-refractivity contribution in [3.63, 3.8) is 0 Å². The van der Waals surface area contributed by atoms with Gasteiger partial charge in [-0.1, -0.05) is 17.7 Å². The third-order valence-electron chi connectivity index (χ3n) is 2.59. The van der Waals surface area contributed by atoms with Gasteiger partial charge in [-0.15, -0.1) is 0 Å². The van der Waals surface area contributed by atoms with Gasteiger partial charge in [-0.2, -0.15) is 5.10 Å². The standard InChI is InChI=1S/C13H13ClN2O3/c1-2-16-7-9(6-15-16)8-19-12-10(13(17)18)4-3-5-11(12)14/h3-7H,2,8H2,1H3,(H,17,18). The van der Waals surface area contributed by atoms with Crippen molar-refractivity contribution < 1.29 is 14.6 Å². The number of halogens is 1. The molecule has 0 aliphatic rings. The van der Waals surface area contributed by atoms with Crippen molar-refractivity contribution in [3.8, 4) is 5.75 Å². The van der Waals surface area contributed by atoms with Gasteiger partial charge in [0.25, 0.3) is 0 Å². The van der Waals surface area contributed by atoms with Gasteiger partial charge in [-0.05, 0) is 19.1 Å². The lowest BCUT2D eigenvalue weighted by Gasteiger charge is -2.09. The van der Waals surface area contributed by atoms with E-state index in [1.807, 2.05) is 13.1 Å². The first-order valence-electron chi connectivity index (χ1n) is 5.77. The fourth-order valence-corrected chi connectivity index (χ4v) is 1.86. The van der Waals surface area contributed by atoms with Gasteiger partial charge in [0.05, 0.1) is 11.2 Å². The van der Waals surface area contributed by atoms with Crippen molar-refractivity contribution in [3.05, 3.63) is 46.7 Å². The van der Waals surface area contributed by atoms with Crippen LogP contribution < -0.4 is 4.74 Å². The van der Waals surface area contributed by atoms with Crippen LogP contribution >= 0.6 is 11.6 Å². The highest BCUT2D eigenvalue weighted by Gasteiger charge is 2.14. The van der Waals surface area contributed by atoms with Crippen LogP contribution in [0.2, 0.25) is 5.02 Å². The van der Waals surface area contributed by atoms with E-state index in [0.29, 0.717) is 0 Å². The number of carbonyl (C=O) groups is 1. The molecule has 2 rings (SSSR count). The number of aromatic carboxylic acids is 1. The molecule has 0 spiro atoms. The second-order valence-corrected chi connectivity index (χ2v) is 4.32. The summed E-state index contributed by atoms with van der Waals surface area (Å²) in [5.74, 6) is -0.886. The van der Waals surface area contributed by atoms with Gasteiger partial charge >= 0.3 is 5.97 Å². The maximum Gasteiger partial charge on any atom is 0.339 e. The van der Waals surface area contributed by atoms with Gasteiger partial charge < -0.3 is 9.84 Å². The number of nitrogens with zero attached hydrogens (tertiary/aromatic N) is 2. The topological polar surface area (TPSA) is 64.3 Å². The Morgan fingerprint density at radius 1 is 1.53 bits per heavy atom. The first-order chi connectivity index (χ1) is 9.11.